The molecule has 0 aromatic carbocycles. The Bertz CT molecular complexity index is 915. The van der Waals surface area contributed by atoms with Crippen LogP contribution < -0.4 is 5.32 Å². The Morgan fingerprint density at radius 2 is 0.846 bits per heavy atom. The lowest BCUT2D eigenvalue weighted by atomic mass is 10.0. The number of carbonyl (C=O) groups excluding carboxylic acids is 1. The van der Waals surface area contributed by atoms with Gasteiger partial charge in [0.05, 0.1) is 18.8 Å². The first-order chi connectivity index (χ1) is 25.7. The van der Waals surface area contributed by atoms with E-state index in [1.807, 2.05) is 0 Å². The lowest BCUT2D eigenvalue weighted by Crippen LogP contribution is -2.45. The molecule has 52 heavy (non-hydrogen) atoms. The number of rotatable bonds is 39. The predicted octanol–water partition coefficient (Wildman–Crippen LogP) is 13.9. The molecule has 0 aliphatic carbocycles. The van der Waals surface area contributed by atoms with Crippen LogP contribution in [0.3, 0.4) is 0 Å². The monoisotopic (exact) mass is 724 g/mol. The van der Waals surface area contributed by atoms with E-state index in [1.54, 1.807) is 0 Å². The molecule has 0 aliphatic rings. The number of aliphatic hydroxyl groups is 2. The first-order valence-corrected chi connectivity index (χ1v) is 22.1. The zero-order valence-corrected chi connectivity index (χ0v) is 34.3. The number of allylic oxidation sites excluding steroid dienone is 12. The van der Waals surface area contributed by atoms with Gasteiger partial charge < -0.3 is 15.5 Å². The smallest absolute Gasteiger partial charge is 0.220 e. The minimum absolute atomic E-state index is 0.0408. The van der Waals surface area contributed by atoms with E-state index in [-0.39, 0.29) is 12.5 Å². The van der Waals surface area contributed by atoms with Crippen LogP contribution in [0, 0.1) is 0 Å². The first kappa shape index (κ1) is 49.8. The highest BCUT2D eigenvalue weighted by atomic mass is 16.3. The van der Waals surface area contributed by atoms with Crippen LogP contribution in [0.1, 0.15) is 206 Å². The quantitative estimate of drug-likeness (QED) is 0.0437. The molecular formula is C48H85NO3. The fourth-order valence-electron chi connectivity index (χ4n) is 6.36. The Labute approximate surface area is 323 Å². The van der Waals surface area contributed by atoms with E-state index in [1.165, 1.54) is 116 Å². The summed E-state index contributed by atoms with van der Waals surface area (Å²) in [6.45, 7) is 4.16. The Morgan fingerprint density at radius 3 is 1.27 bits per heavy atom. The summed E-state index contributed by atoms with van der Waals surface area (Å²) in [4.78, 5) is 12.3. The van der Waals surface area contributed by atoms with E-state index in [2.05, 4.69) is 92.1 Å². The van der Waals surface area contributed by atoms with E-state index >= 15 is 0 Å². The van der Waals surface area contributed by atoms with Crippen molar-refractivity contribution >= 4 is 5.91 Å². The summed E-state index contributed by atoms with van der Waals surface area (Å²) in [5.41, 5.74) is 0. The molecular weight excluding hydrogens is 639 g/mol. The summed E-state index contributed by atoms with van der Waals surface area (Å²) in [5, 5.41) is 22.8. The van der Waals surface area contributed by atoms with Crippen LogP contribution >= 0.6 is 0 Å². The second-order valence-corrected chi connectivity index (χ2v) is 14.7. The molecule has 0 aromatic heterocycles. The summed E-state index contributed by atoms with van der Waals surface area (Å²) in [7, 11) is 0. The molecule has 0 fully saturated rings. The number of hydrogen-bond acceptors (Lipinski definition) is 3. The molecule has 0 radical (unpaired) electrons. The molecule has 1 amide bonds. The number of aliphatic hydroxyl groups excluding tert-OH is 2. The fraction of sp³-hybridized carbons (Fsp3) is 0.729. The Hall–Kier alpha value is -2.17. The van der Waals surface area contributed by atoms with Gasteiger partial charge in [-0.3, -0.25) is 4.79 Å². The minimum Gasteiger partial charge on any atom is -0.394 e. The van der Waals surface area contributed by atoms with Gasteiger partial charge in [0.15, 0.2) is 0 Å². The van der Waals surface area contributed by atoms with E-state index in [0.29, 0.717) is 12.8 Å². The topological polar surface area (TPSA) is 69.6 Å². The summed E-state index contributed by atoms with van der Waals surface area (Å²) in [5.74, 6) is -0.0408. The van der Waals surface area contributed by atoms with Gasteiger partial charge in [-0.15, -0.1) is 0 Å². The average molecular weight is 724 g/mol. The van der Waals surface area contributed by atoms with Gasteiger partial charge in [0, 0.05) is 6.42 Å². The molecule has 0 rings (SSSR count). The summed E-state index contributed by atoms with van der Waals surface area (Å²) < 4.78 is 0. The maximum atomic E-state index is 12.3. The van der Waals surface area contributed by atoms with Crippen molar-refractivity contribution in [2.24, 2.45) is 0 Å². The highest BCUT2D eigenvalue weighted by Crippen LogP contribution is 2.15. The normalized spacial score (nSPS) is 13.7. The number of unbranched alkanes of at least 4 members (excludes halogenated alkanes) is 20. The van der Waals surface area contributed by atoms with Gasteiger partial charge in [-0.25, -0.2) is 0 Å². The number of carbonyl (C=O) groups is 1. The third-order valence-electron chi connectivity index (χ3n) is 9.73. The van der Waals surface area contributed by atoms with Crippen LogP contribution in [0.5, 0.6) is 0 Å². The molecule has 0 aliphatic heterocycles. The van der Waals surface area contributed by atoms with Gasteiger partial charge in [-0.1, -0.05) is 209 Å². The molecule has 2 atom stereocenters. The zero-order valence-electron chi connectivity index (χ0n) is 34.3. The molecule has 0 saturated heterocycles. The van der Waals surface area contributed by atoms with Crippen molar-refractivity contribution in [3.8, 4) is 0 Å². The Kier molecular flexibility index (Phi) is 41.4. The van der Waals surface area contributed by atoms with Crippen LogP contribution in [0.2, 0.25) is 0 Å². The standard InChI is InChI=1S/C48H85NO3/c1-3-5-7-9-10-11-12-13-14-15-16-17-18-19-20-21-22-23-24-25-26-27-28-29-30-31-32-33-34-35-36-37-38-40-42-44-48(52)49-46(45-50)47(51)43-41-39-8-6-4-2/h5,7,10-11,13-14,16-17,19-20,22-23,46-47,50-51H,3-4,6,8-9,12,15,18,21,24-45H2,1-2H3,(H,49,52)/b7-5-,11-10-,14-13-,17-16-,20-19-,23-22-. The maximum absolute atomic E-state index is 12.3. The van der Waals surface area contributed by atoms with Crippen molar-refractivity contribution in [2.45, 2.75) is 219 Å². The van der Waals surface area contributed by atoms with Gasteiger partial charge in [0.2, 0.25) is 5.91 Å². The molecule has 4 heteroatoms. The van der Waals surface area contributed by atoms with Gasteiger partial charge in [0.1, 0.15) is 0 Å². The van der Waals surface area contributed by atoms with Crippen LogP contribution in [0.15, 0.2) is 72.9 Å². The van der Waals surface area contributed by atoms with Crippen molar-refractivity contribution in [1.82, 2.24) is 5.32 Å². The first-order valence-electron chi connectivity index (χ1n) is 22.1. The van der Waals surface area contributed by atoms with E-state index in [0.717, 1.165) is 64.2 Å². The van der Waals surface area contributed by atoms with Gasteiger partial charge in [-0.2, -0.15) is 0 Å². The molecule has 0 bridgehead atoms. The molecule has 0 aromatic rings. The van der Waals surface area contributed by atoms with Gasteiger partial charge >= 0.3 is 0 Å². The number of hydrogen-bond donors (Lipinski definition) is 3. The summed E-state index contributed by atoms with van der Waals surface area (Å²) >= 11 is 0. The predicted molar refractivity (Wildman–Crippen MR) is 230 cm³/mol. The lowest BCUT2D eigenvalue weighted by molar-refractivity contribution is -0.123. The molecule has 2 unspecified atom stereocenters. The second-order valence-electron chi connectivity index (χ2n) is 14.7. The highest BCUT2D eigenvalue weighted by Gasteiger charge is 2.19. The Balaban J connectivity index is 3.43. The van der Waals surface area contributed by atoms with Crippen molar-refractivity contribution in [3.63, 3.8) is 0 Å². The van der Waals surface area contributed by atoms with Crippen molar-refractivity contribution < 1.29 is 15.0 Å². The molecule has 0 heterocycles. The SMILES string of the molecule is CC/C=C\C/C=C\C/C=C\C/C=C\C/C=C\C/C=C\CCCCCCCCCCCCCCCCCCC(=O)NC(CO)C(O)CCCCCCC. The third-order valence-corrected chi connectivity index (χ3v) is 9.73. The summed E-state index contributed by atoms with van der Waals surface area (Å²) in [6, 6.07) is -0.534. The largest absolute Gasteiger partial charge is 0.394 e. The average Bonchev–Trinajstić information content (AvgIpc) is 3.15. The van der Waals surface area contributed by atoms with Gasteiger partial charge in [-0.05, 0) is 64.2 Å². The Morgan fingerprint density at radius 1 is 0.481 bits per heavy atom. The van der Waals surface area contributed by atoms with E-state index in [4.69, 9.17) is 0 Å². The van der Waals surface area contributed by atoms with Crippen LogP contribution in [0.4, 0.5) is 0 Å². The fourth-order valence-corrected chi connectivity index (χ4v) is 6.36. The lowest BCUT2D eigenvalue weighted by Gasteiger charge is -2.22. The molecule has 300 valence electrons. The maximum Gasteiger partial charge on any atom is 0.220 e. The van der Waals surface area contributed by atoms with Crippen molar-refractivity contribution in [1.29, 1.82) is 0 Å². The van der Waals surface area contributed by atoms with E-state index < -0.39 is 12.1 Å². The zero-order chi connectivity index (χ0) is 37.8. The second kappa shape index (κ2) is 43.2. The minimum atomic E-state index is -0.656. The van der Waals surface area contributed by atoms with Crippen molar-refractivity contribution in [3.05, 3.63) is 72.9 Å². The number of amides is 1. The molecule has 0 spiro atoms. The molecule has 3 N–H and O–H groups in total. The third kappa shape index (κ3) is 39.0. The number of nitrogens with one attached hydrogen (secondary N) is 1. The van der Waals surface area contributed by atoms with Gasteiger partial charge in [0.25, 0.3) is 0 Å². The van der Waals surface area contributed by atoms with Crippen LogP contribution in [0.25, 0.3) is 0 Å². The van der Waals surface area contributed by atoms with E-state index in [9.17, 15) is 15.0 Å². The molecule has 0 saturated carbocycles. The summed E-state index contributed by atoms with van der Waals surface area (Å²) in [6.07, 6.45) is 61.7. The van der Waals surface area contributed by atoms with Crippen LogP contribution in [-0.4, -0.2) is 34.9 Å². The van der Waals surface area contributed by atoms with Crippen molar-refractivity contribution in [2.75, 3.05) is 6.61 Å². The highest BCUT2D eigenvalue weighted by molar-refractivity contribution is 5.76. The molecule has 4 nitrogen and oxygen atoms in total. The van der Waals surface area contributed by atoms with Crippen LogP contribution in [-0.2, 0) is 4.79 Å².